The largest absolute Gasteiger partial charge is 0.406 e. The normalized spacial score (nSPS) is 27.4. The SMILES string of the molecule is O=C(CN1C(=O)N(CC(F)(F)F)C(=O)C12CCCc1ccccc12)Nc1ccc2c(c1)CC1(C2)CC(O)NC1=O. The van der Waals surface area contributed by atoms with Crippen molar-refractivity contribution in [3.63, 3.8) is 0 Å². The molecule has 210 valence electrons. The van der Waals surface area contributed by atoms with Crippen LogP contribution >= 0.6 is 0 Å². The highest BCUT2D eigenvalue weighted by Crippen LogP contribution is 2.47. The third kappa shape index (κ3) is 4.12. The molecule has 0 radical (unpaired) electrons. The Hall–Kier alpha value is -3.93. The van der Waals surface area contributed by atoms with Crippen LogP contribution in [0.4, 0.5) is 23.7 Å². The maximum Gasteiger partial charge on any atom is 0.406 e. The number of urea groups is 1. The van der Waals surface area contributed by atoms with E-state index in [9.17, 15) is 37.5 Å². The first-order valence-corrected chi connectivity index (χ1v) is 13.1. The Morgan fingerprint density at radius 2 is 1.82 bits per heavy atom. The first-order valence-electron chi connectivity index (χ1n) is 13.1. The second kappa shape index (κ2) is 9.05. The summed E-state index contributed by atoms with van der Waals surface area (Å²) in [6, 6.07) is 10.8. The lowest BCUT2D eigenvalue weighted by Gasteiger charge is -2.39. The van der Waals surface area contributed by atoms with E-state index in [1.54, 1.807) is 42.5 Å². The fraction of sp³-hybridized carbons (Fsp3) is 0.429. The fourth-order valence-electron chi connectivity index (χ4n) is 6.87. The van der Waals surface area contributed by atoms with Gasteiger partial charge in [-0.05, 0) is 66.5 Å². The van der Waals surface area contributed by atoms with Crippen molar-refractivity contribution in [3.05, 3.63) is 64.7 Å². The second-order valence-electron chi connectivity index (χ2n) is 11.1. The molecule has 2 aliphatic carbocycles. The van der Waals surface area contributed by atoms with Crippen LogP contribution in [0.5, 0.6) is 0 Å². The molecule has 2 saturated heterocycles. The van der Waals surface area contributed by atoms with E-state index in [4.69, 9.17) is 0 Å². The molecule has 3 atom stereocenters. The minimum Gasteiger partial charge on any atom is -0.374 e. The summed E-state index contributed by atoms with van der Waals surface area (Å²) in [5.41, 5.74) is 0.902. The van der Waals surface area contributed by atoms with Gasteiger partial charge in [0.15, 0.2) is 0 Å². The van der Waals surface area contributed by atoms with Gasteiger partial charge < -0.3 is 15.7 Å². The summed E-state index contributed by atoms with van der Waals surface area (Å²) >= 11 is 0. The number of aliphatic hydroxyl groups excluding tert-OH is 1. The predicted octanol–water partition coefficient (Wildman–Crippen LogP) is 2.61. The molecule has 2 aromatic rings. The van der Waals surface area contributed by atoms with Gasteiger partial charge in [-0.25, -0.2) is 4.79 Å². The number of amides is 5. The molecule has 6 rings (SSSR count). The van der Waals surface area contributed by atoms with Gasteiger partial charge in [-0.2, -0.15) is 13.2 Å². The monoisotopic (exact) mass is 556 g/mol. The summed E-state index contributed by atoms with van der Waals surface area (Å²) in [6.45, 7) is -2.36. The number of hydrogen-bond donors (Lipinski definition) is 3. The molecule has 2 spiro atoms. The number of halogens is 3. The van der Waals surface area contributed by atoms with Crippen LogP contribution in [0.3, 0.4) is 0 Å². The molecule has 0 aromatic heterocycles. The lowest BCUT2D eigenvalue weighted by molar-refractivity contribution is -0.155. The number of benzene rings is 2. The summed E-state index contributed by atoms with van der Waals surface area (Å²) in [6.07, 6.45) is -3.41. The number of imide groups is 1. The molecule has 5 amide bonds. The predicted molar refractivity (Wildman–Crippen MR) is 135 cm³/mol. The summed E-state index contributed by atoms with van der Waals surface area (Å²) in [5.74, 6) is -1.87. The van der Waals surface area contributed by atoms with E-state index in [1.807, 2.05) is 0 Å². The molecule has 40 heavy (non-hydrogen) atoms. The molecular weight excluding hydrogens is 529 g/mol. The maximum absolute atomic E-state index is 13.6. The zero-order valence-electron chi connectivity index (χ0n) is 21.4. The van der Waals surface area contributed by atoms with Gasteiger partial charge in [-0.1, -0.05) is 30.3 Å². The highest BCUT2D eigenvalue weighted by Gasteiger charge is 2.61. The van der Waals surface area contributed by atoms with Crippen molar-refractivity contribution in [2.45, 2.75) is 56.5 Å². The van der Waals surface area contributed by atoms with Crippen molar-refractivity contribution in [2.75, 3.05) is 18.4 Å². The fourth-order valence-corrected chi connectivity index (χ4v) is 6.87. The standard InChI is InChI=1S/C28H27F3N4O5/c29-28(30,31)15-34-24(39)27(9-3-5-16-4-1-2-6-20(16)27)35(25(34)40)14-22(37)32-19-8-7-17-11-26(12-18(17)10-19)13-21(36)33-23(26)38/h1-2,4,6-8,10,21,36H,3,5,9,11-15H2,(H,32,37)(H,33,38). The Labute approximate surface area is 227 Å². The second-order valence-corrected chi connectivity index (χ2v) is 11.1. The minimum atomic E-state index is -4.80. The molecule has 0 bridgehead atoms. The van der Waals surface area contributed by atoms with Crippen molar-refractivity contribution in [2.24, 2.45) is 5.41 Å². The Bertz CT molecular complexity index is 1450. The number of nitrogens with zero attached hydrogens (tertiary/aromatic N) is 2. The number of fused-ring (bicyclic) bond motifs is 3. The average molecular weight is 557 g/mol. The van der Waals surface area contributed by atoms with E-state index in [0.717, 1.165) is 21.6 Å². The lowest BCUT2D eigenvalue weighted by Crippen LogP contribution is -2.51. The number of nitrogens with one attached hydrogen (secondary N) is 2. The topological polar surface area (TPSA) is 119 Å². The van der Waals surface area contributed by atoms with Crippen LogP contribution in [0, 0.1) is 5.41 Å². The number of rotatable bonds is 4. The zero-order chi connectivity index (χ0) is 28.4. The number of carbonyl (C=O) groups is 4. The quantitative estimate of drug-likeness (QED) is 0.501. The van der Waals surface area contributed by atoms with Crippen LogP contribution in [0.15, 0.2) is 42.5 Å². The van der Waals surface area contributed by atoms with E-state index < -0.39 is 54.3 Å². The third-order valence-electron chi connectivity index (χ3n) is 8.52. The Morgan fingerprint density at radius 3 is 2.55 bits per heavy atom. The molecule has 3 N–H and O–H groups in total. The van der Waals surface area contributed by atoms with Crippen LogP contribution in [0.2, 0.25) is 0 Å². The third-order valence-corrected chi connectivity index (χ3v) is 8.52. The van der Waals surface area contributed by atoms with Gasteiger partial charge in [0.2, 0.25) is 11.8 Å². The molecule has 2 fully saturated rings. The van der Waals surface area contributed by atoms with E-state index in [-0.39, 0.29) is 23.6 Å². The lowest BCUT2D eigenvalue weighted by atomic mass is 9.75. The zero-order valence-corrected chi connectivity index (χ0v) is 21.4. The number of aliphatic hydroxyl groups is 1. The van der Waals surface area contributed by atoms with Crippen LogP contribution < -0.4 is 10.6 Å². The Balaban J connectivity index is 1.26. The van der Waals surface area contributed by atoms with E-state index >= 15 is 0 Å². The summed E-state index contributed by atoms with van der Waals surface area (Å²) in [7, 11) is 0. The van der Waals surface area contributed by atoms with Gasteiger partial charge in [-0.15, -0.1) is 0 Å². The number of carbonyl (C=O) groups excluding carboxylic acids is 4. The van der Waals surface area contributed by atoms with E-state index in [0.29, 0.717) is 36.9 Å². The van der Waals surface area contributed by atoms with Crippen LogP contribution in [0.1, 0.15) is 41.5 Å². The maximum atomic E-state index is 13.6. The van der Waals surface area contributed by atoms with Gasteiger partial charge in [0.1, 0.15) is 24.9 Å². The Kier molecular flexibility index (Phi) is 5.95. The summed E-state index contributed by atoms with van der Waals surface area (Å²) in [5, 5.41) is 15.1. The van der Waals surface area contributed by atoms with Gasteiger partial charge >= 0.3 is 12.2 Å². The van der Waals surface area contributed by atoms with E-state index in [1.165, 1.54) is 0 Å². The van der Waals surface area contributed by atoms with Crippen LogP contribution in [-0.4, -0.2) is 64.2 Å². The number of hydrogen-bond acceptors (Lipinski definition) is 5. The molecule has 3 unspecified atom stereocenters. The van der Waals surface area contributed by atoms with Crippen molar-refractivity contribution in [3.8, 4) is 0 Å². The van der Waals surface area contributed by atoms with Crippen LogP contribution in [0.25, 0.3) is 0 Å². The Morgan fingerprint density at radius 1 is 1.07 bits per heavy atom. The molecule has 2 aliphatic heterocycles. The van der Waals surface area contributed by atoms with Crippen molar-refractivity contribution in [1.82, 2.24) is 15.1 Å². The van der Waals surface area contributed by atoms with Gasteiger partial charge in [-0.3, -0.25) is 24.2 Å². The van der Waals surface area contributed by atoms with Gasteiger partial charge in [0.05, 0.1) is 5.41 Å². The summed E-state index contributed by atoms with van der Waals surface area (Å²) in [4.78, 5) is 53.7. The molecule has 2 heterocycles. The summed E-state index contributed by atoms with van der Waals surface area (Å²) < 4.78 is 40.1. The highest BCUT2D eigenvalue weighted by molar-refractivity contribution is 6.09. The molecular formula is C28H27F3N4O5. The highest BCUT2D eigenvalue weighted by atomic mass is 19.4. The van der Waals surface area contributed by atoms with Crippen molar-refractivity contribution < 1.29 is 37.5 Å². The molecule has 9 nitrogen and oxygen atoms in total. The average Bonchev–Trinajstić information content (AvgIpc) is 3.45. The number of anilines is 1. The van der Waals surface area contributed by atoms with Gasteiger partial charge in [0.25, 0.3) is 5.91 Å². The number of alkyl halides is 3. The molecule has 4 aliphatic rings. The molecule has 12 heteroatoms. The smallest absolute Gasteiger partial charge is 0.374 e. The first kappa shape index (κ1) is 26.3. The molecule has 2 aromatic carbocycles. The first-order chi connectivity index (χ1) is 18.9. The van der Waals surface area contributed by atoms with Gasteiger partial charge in [0, 0.05) is 12.1 Å². The van der Waals surface area contributed by atoms with Crippen LogP contribution in [-0.2, 0) is 39.2 Å². The minimum absolute atomic E-state index is 0.102. The molecule has 0 saturated carbocycles. The van der Waals surface area contributed by atoms with Crippen molar-refractivity contribution in [1.29, 1.82) is 0 Å². The number of aryl methyl sites for hydroxylation is 1. The van der Waals surface area contributed by atoms with Crippen molar-refractivity contribution >= 4 is 29.4 Å². The van der Waals surface area contributed by atoms with E-state index in [2.05, 4.69) is 10.6 Å².